The maximum Gasteiger partial charge on any atom is 0.270 e. The first-order valence-electron chi connectivity index (χ1n) is 6.08. The van der Waals surface area contributed by atoms with E-state index in [1.807, 2.05) is 0 Å². The number of carbonyl (C=O) groups excluding carboxylic acids is 1. The van der Waals surface area contributed by atoms with Crippen LogP contribution in [0.25, 0.3) is 6.08 Å². The van der Waals surface area contributed by atoms with E-state index in [9.17, 15) is 14.9 Å². The van der Waals surface area contributed by atoms with Crippen LogP contribution in [0.4, 0.5) is 5.69 Å². The van der Waals surface area contributed by atoms with Gasteiger partial charge in [-0.05, 0) is 24.5 Å². The minimum Gasteiger partial charge on any atom is -0.290 e. The van der Waals surface area contributed by atoms with Crippen molar-refractivity contribution in [1.82, 2.24) is 4.90 Å². The Morgan fingerprint density at radius 1 is 1.45 bits per heavy atom. The molecule has 1 aromatic rings. The summed E-state index contributed by atoms with van der Waals surface area (Å²) in [7, 11) is 0. The number of amides is 1. The molecule has 0 N–H and O–H groups in total. The van der Waals surface area contributed by atoms with Gasteiger partial charge < -0.3 is 0 Å². The van der Waals surface area contributed by atoms with Crippen molar-refractivity contribution in [2.75, 3.05) is 0 Å². The zero-order valence-electron chi connectivity index (χ0n) is 10.3. The van der Waals surface area contributed by atoms with Crippen LogP contribution in [0.1, 0.15) is 18.4 Å². The van der Waals surface area contributed by atoms with Gasteiger partial charge in [0, 0.05) is 18.2 Å². The van der Waals surface area contributed by atoms with Crippen LogP contribution >= 0.6 is 24.0 Å². The summed E-state index contributed by atoms with van der Waals surface area (Å²) < 4.78 is 0.578. The number of rotatable bonds is 3. The predicted molar refractivity (Wildman–Crippen MR) is 81.1 cm³/mol. The van der Waals surface area contributed by atoms with Crippen molar-refractivity contribution < 1.29 is 9.72 Å². The molecular weight excluding hydrogens is 296 g/mol. The SMILES string of the molecule is O=C1C(=Cc2cccc([N+](=O)[O-])c2)SC(=S)N1C1CC1. The first-order chi connectivity index (χ1) is 9.56. The smallest absolute Gasteiger partial charge is 0.270 e. The Morgan fingerprint density at radius 3 is 2.85 bits per heavy atom. The monoisotopic (exact) mass is 306 g/mol. The number of hydrogen-bond acceptors (Lipinski definition) is 5. The Morgan fingerprint density at radius 2 is 2.20 bits per heavy atom. The van der Waals surface area contributed by atoms with Gasteiger partial charge >= 0.3 is 0 Å². The van der Waals surface area contributed by atoms with Gasteiger partial charge in [0.1, 0.15) is 4.32 Å². The van der Waals surface area contributed by atoms with E-state index in [0.717, 1.165) is 12.8 Å². The standard InChI is InChI=1S/C13H10N2O3S2/c16-12-11(20-13(19)14(12)9-4-5-9)7-8-2-1-3-10(6-8)15(17)18/h1-3,6-7,9H,4-5H2. The van der Waals surface area contributed by atoms with Crippen molar-refractivity contribution in [3.63, 3.8) is 0 Å². The Hall–Kier alpha value is -1.73. The molecule has 102 valence electrons. The minimum atomic E-state index is -0.452. The van der Waals surface area contributed by atoms with Crippen molar-refractivity contribution in [1.29, 1.82) is 0 Å². The highest BCUT2D eigenvalue weighted by atomic mass is 32.2. The summed E-state index contributed by atoms with van der Waals surface area (Å²) in [4.78, 5) is 24.7. The summed E-state index contributed by atoms with van der Waals surface area (Å²) >= 11 is 6.47. The van der Waals surface area contributed by atoms with Gasteiger partial charge in [0.15, 0.2) is 0 Å². The second-order valence-corrected chi connectivity index (χ2v) is 6.31. The van der Waals surface area contributed by atoms with E-state index in [-0.39, 0.29) is 17.6 Å². The second-order valence-electron chi connectivity index (χ2n) is 4.63. The minimum absolute atomic E-state index is 0.0106. The molecule has 0 aromatic heterocycles. The topological polar surface area (TPSA) is 63.4 Å². The summed E-state index contributed by atoms with van der Waals surface area (Å²) in [5.74, 6) is -0.0889. The molecule has 0 bridgehead atoms. The highest BCUT2D eigenvalue weighted by molar-refractivity contribution is 8.26. The number of nitro benzene ring substituents is 1. The summed E-state index contributed by atoms with van der Waals surface area (Å²) in [6.45, 7) is 0. The van der Waals surface area contributed by atoms with E-state index in [1.165, 1.54) is 23.9 Å². The van der Waals surface area contributed by atoms with Gasteiger partial charge in [0.05, 0.1) is 9.83 Å². The maximum absolute atomic E-state index is 12.2. The molecular formula is C13H10N2O3S2. The van der Waals surface area contributed by atoms with E-state index in [2.05, 4.69) is 0 Å². The number of nitro groups is 1. The third-order valence-corrected chi connectivity index (χ3v) is 4.44. The van der Waals surface area contributed by atoms with Gasteiger partial charge in [-0.2, -0.15) is 0 Å². The van der Waals surface area contributed by atoms with Gasteiger partial charge in [-0.15, -0.1) is 0 Å². The molecule has 1 saturated carbocycles. The third-order valence-electron chi connectivity index (χ3n) is 3.11. The van der Waals surface area contributed by atoms with Crippen LogP contribution < -0.4 is 0 Å². The molecule has 0 radical (unpaired) electrons. The van der Waals surface area contributed by atoms with Crippen LogP contribution in [0.5, 0.6) is 0 Å². The summed E-state index contributed by atoms with van der Waals surface area (Å²) in [6, 6.07) is 6.46. The maximum atomic E-state index is 12.2. The largest absolute Gasteiger partial charge is 0.290 e. The van der Waals surface area contributed by atoms with Gasteiger partial charge in [-0.3, -0.25) is 19.8 Å². The normalized spacial score (nSPS) is 20.8. The van der Waals surface area contributed by atoms with Crippen LogP contribution in [-0.4, -0.2) is 26.1 Å². The van der Waals surface area contributed by atoms with Crippen molar-refractivity contribution in [2.24, 2.45) is 0 Å². The molecule has 0 spiro atoms. The number of non-ortho nitro benzene ring substituents is 1. The fourth-order valence-corrected chi connectivity index (χ4v) is 3.41. The van der Waals surface area contributed by atoms with Gasteiger partial charge in [0.25, 0.3) is 11.6 Å². The molecule has 1 amide bonds. The Labute approximate surface area is 124 Å². The molecule has 1 heterocycles. The number of thioether (sulfide) groups is 1. The molecule has 1 aliphatic heterocycles. The lowest BCUT2D eigenvalue weighted by molar-refractivity contribution is -0.384. The predicted octanol–water partition coefficient (Wildman–Crippen LogP) is 2.96. The van der Waals surface area contributed by atoms with Crippen LogP contribution in [-0.2, 0) is 4.79 Å². The Kier molecular flexibility index (Phi) is 3.31. The van der Waals surface area contributed by atoms with Crippen molar-refractivity contribution in [2.45, 2.75) is 18.9 Å². The van der Waals surface area contributed by atoms with Crippen LogP contribution in [0.3, 0.4) is 0 Å². The molecule has 7 heteroatoms. The van der Waals surface area contributed by atoms with Crippen LogP contribution in [0.15, 0.2) is 29.2 Å². The number of nitrogens with zero attached hydrogens (tertiary/aromatic N) is 2. The van der Waals surface area contributed by atoms with Crippen molar-refractivity contribution in [3.05, 3.63) is 44.8 Å². The van der Waals surface area contributed by atoms with Crippen molar-refractivity contribution in [3.8, 4) is 0 Å². The van der Waals surface area contributed by atoms with Gasteiger partial charge in [-0.1, -0.05) is 36.1 Å². The Bertz CT molecular complexity index is 653. The number of hydrogen-bond donors (Lipinski definition) is 0. The summed E-state index contributed by atoms with van der Waals surface area (Å²) in [5.41, 5.74) is 0.645. The summed E-state index contributed by atoms with van der Waals surface area (Å²) in [6.07, 6.45) is 3.65. The zero-order chi connectivity index (χ0) is 14.3. The highest BCUT2D eigenvalue weighted by Crippen LogP contribution is 2.40. The van der Waals surface area contributed by atoms with Crippen LogP contribution in [0, 0.1) is 10.1 Å². The molecule has 20 heavy (non-hydrogen) atoms. The fourth-order valence-electron chi connectivity index (χ4n) is 2.01. The average molecular weight is 306 g/mol. The molecule has 0 unspecified atom stereocenters. The lowest BCUT2D eigenvalue weighted by atomic mass is 10.2. The number of thiocarbonyl (C=S) groups is 1. The van der Waals surface area contributed by atoms with Crippen LogP contribution in [0.2, 0.25) is 0 Å². The molecule has 2 fully saturated rings. The fraction of sp³-hybridized carbons (Fsp3) is 0.231. The van der Waals surface area contributed by atoms with E-state index in [0.29, 0.717) is 14.8 Å². The molecule has 2 aliphatic rings. The first kappa shape index (κ1) is 13.3. The molecule has 1 aliphatic carbocycles. The molecule has 0 atom stereocenters. The quantitative estimate of drug-likeness (QED) is 0.372. The molecule has 3 rings (SSSR count). The Balaban J connectivity index is 1.89. The lowest BCUT2D eigenvalue weighted by Crippen LogP contribution is -2.30. The second kappa shape index (κ2) is 4.99. The zero-order valence-corrected chi connectivity index (χ0v) is 11.9. The average Bonchev–Trinajstić information content (AvgIpc) is 3.19. The van der Waals surface area contributed by atoms with E-state index in [1.54, 1.807) is 23.1 Å². The summed E-state index contributed by atoms with van der Waals surface area (Å²) in [5, 5.41) is 10.7. The van der Waals surface area contributed by atoms with Crippen molar-refractivity contribution >= 4 is 46.0 Å². The van der Waals surface area contributed by atoms with Gasteiger partial charge in [-0.25, -0.2) is 0 Å². The van der Waals surface area contributed by atoms with E-state index < -0.39 is 4.92 Å². The number of benzene rings is 1. The van der Waals surface area contributed by atoms with Gasteiger partial charge in [0.2, 0.25) is 0 Å². The van der Waals surface area contributed by atoms with E-state index in [4.69, 9.17) is 12.2 Å². The molecule has 1 aromatic carbocycles. The highest BCUT2D eigenvalue weighted by Gasteiger charge is 2.41. The molecule has 1 saturated heterocycles. The van der Waals surface area contributed by atoms with E-state index >= 15 is 0 Å². The number of carbonyl (C=O) groups is 1. The lowest BCUT2D eigenvalue weighted by Gasteiger charge is -2.11. The molecule has 5 nitrogen and oxygen atoms in total. The first-order valence-corrected chi connectivity index (χ1v) is 7.30. The third kappa shape index (κ3) is 2.46.